The van der Waals surface area contributed by atoms with Crippen molar-refractivity contribution in [3.05, 3.63) is 28.5 Å². The highest BCUT2D eigenvalue weighted by Crippen LogP contribution is 2.30. The van der Waals surface area contributed by atoms with Crippen molar-refractivity contribution in [1.29, 1.82) is 0 Å². The predicted molar refractivity (Wildman–Crippen MR) is 90.1 cm³/mol. The molecular weight excluding hydrogens is 382 g/mol. The summed E-state index contributed by atoms with van der Waals surface area (Å²) in [7, 11) is 0. The predicted octanol–water partition coefficient (Wildman–Crippen LogP) is 2.58. The molecule has 1 aromatic rings. The van der Waals surface area contributed by atoms with Gasteiger partial charge in [0.2, 0.25) is 5.91 Å². The van der Waals surface area contributed by atoms with Crippen LogP contribution >= 0.6 is 27.7 Å². The topological polar surface area (TPSA) is 79.4 Å². The van der Waals surface area contributed by atoms with Gasteiger partial charge in [0.05, 0.1) is 23.4 Å². The standard InChI is InChI=1S/C15H16BrN3O3S/c16-10-5-9(6-17-7-10)14(21)18-11-3-1-2-4-12(11)19-13(20)8-23-15(19)22/h5-7,11-12H,1-4,8H2,(H,18,21)/t11-,12-/m1/s1. The minimum atomic E-state index is -0.247. The summed E-state index contributed by atoms with van der Waals surface area (Å²) in [5, 5.41) is 2.77. The van der Waals surface area contributed by atoms with E-state index in [4.69, 9.17) is 0 Å². The van der Waals surface area contributed by atoms with Crippen molar-refractivity contribution in [3.8, 4) is 0 Å². The van der Waals surface area contributed by atoms with Gasteiger partial charge in [0, 0.05) is 16.9 Å². The zero-order chi connectivity index (χ0) is 16.4. The molecule has 1 saturated carbocycles. The molecule has 3 amide bonds. The van der Waals surface area contributed by atoms with Crippen LogP contribution < -0.4 is 5.32 Å². The monoisotopic (exact) mass is 397 g/mol. The third-order valence-electron chi connectivity index (χ3n) is 4.13. The van der Waals surface area contributed by atoms with Crippen molar-refractivity contribution < 1.29 is 14.4 Å². The van der Waals surface area contributed by atoms with Crippen LogP contribution in [0.4, 0.5) is 4.79 Å². The molecule has 0 aromatic carbocycles. The Morgan fingerprint density at radius 3 is 2.78 bits per heavy atom. The number of halogens is 1. The zero-order valence-electron chi connectivity index (χ0n) is 12.3. The molecule has 122 valence electrons. The average Bonchev–Trinajstić information content (AvgIpc) is 2.87. The molecule has 2 atom stereocenters. The van der Waals surface area contributed by atoms with Crippen LogP contribution in [0.25, 0.3) is 0 Å². The lowest BCUT2D eigenvalue weighted by molar-refractivity contribution is -0.127. The molecule has 6 nitrogen and oxygen atoms in total. The summed E-state index contributed by atoms with van der Waals surface area (Å²) in [6.45, 7) is 0. The minimum absolute atomic E-state index is 0.157. The van der Waals surface area contributed by atoms with Gasteiger partial charge in [-0.15, -0.1) is 0 Å². The smallest absolute Gasteiger partial charge is 0.289 e. The Bertz CT molecular complexity index is 639. The van der Waals surface area contributed by atoms with Gasteiger partial charge in [-0.3, -0.25) is 24.3 Å². The number of hydrogen-bond donors (Lipinski definition) is 1. The summed E-state index contributed by atoms with van der Waals surface area (Å²) in [5.74, 6) is -0.191. The maximum Gasteiger partial charge on any atom is 0.289 e. The molecule has 23 heavy (non-hydrogen) atoms. The van der Waals surface area contributed by atoms with Crippen molar-refractivity contribution in [2.75, 3.05) is 5.75 Å². The van der Waals surface area contributed by atoms with Crippen LogP contribution in [0.1, 0.15) is 36.0 Å². The number of carbonyl (C=O) groups excluding carboxylic acids is 3. The molecule has 1 aliphatic carbocycles. The van der Waals surface area contributed by atoms with Crippen LogP contribution in [-0.4, -0.2) is 44.8 Å². The second-order valence-electron chi connectivity index (χ2n) is 5.64. The lowest BCUT2D eigenvalue weighted by Crippen LogP contribution is -2.54. The summed E-state index contributed by atoms with van der Waals surface area (Å²) in [4.78, 5) is 41.7. The Morgan fingerprint density at radius 1 is 1.30 bits per heavy atom. The number of pyridine rings is 1. The van der Waals surface area contributed by atoms with Crippen molar-refractivity contribution >= 4 is 44.7 Å². The first-order valence-corrected chi connectivity index (χ1v) is 9.24. The van der Waals surface area contributed by atoms with Crippen molar-refractivity contribution in [1.82, 2.24) is 15.2 Å². The van der Waals surface area contributed by atoms with Crippen LogP contribution in [0.3, 0.4) is 0 Å². The van der Waals surface area contributed by atoms with Gasteiger partial charge in [-0.25, -0.2) is 0 Å². The normalized spacial score (nSPS) is 24.8. The van der Waals surface area contributed by atoms with E-state index in [1.165, 1.54) is 11.1 Å². The van der Waals surface area contributed by atoms with Crippen LogP contribution in [0.2, 0.25) is 0 Å². The highest BCUT2D eigenvalue weighted by molar-refractivity contribution is 9.10. The first-order chi connectivity index (χ1) is 11.1. The van der Waals surface area contributed by atoms with E-state index in [9.17, 15) is 14.4 Å². The number of carbonyl (C=O) groups is 3. The molecule has 1 aliphatic heterocycles. The van der Waals surface area contributed by atoms with Crippen LogP contribution in [0, 0.1) is 0 Å². The SMILES string of the molecule is O=C(N[C@@H]1CCCC[C@H]1N1C(=O)CSC1=O)c1cncc(Br)c1. The molecule has 0 spiro atoms. The average molecular weight is 398 g/mol. The van der Waals surface area contributed by atoms with Crippen LogP contribution in [-0.2, 0) is 4.79 Å². The van der Waals surface area contributed by atoms with Gasteiger partial charge >= 0.3 is 0 Å². The van der Waals surface area contributed by atoms with E-state index < -0.39 is 0 Å². The number of amides is 3. The second kappa shape index (κ2) is 7.00. The highest BCUT2D eigenvalue weighted by atomic mass is 79.9. The summed E-state index contributed by atoms with van der Waals surface area (Å²) in [5.41, 5.74) is 0.456. The van der Waals surface area contributed by atoms with E-state index >= 15 is 0 Å². The van der Waals surface area contributed by atoms with Gasteiger partial charge in [0.1, 0.15) is 0 Å². The molecule has 0 unspecified atom stereocenters. The molecule has 2 heterocycles. The largest absolute Gasteiger partial charge is 0.347 e. The molecule has 2 aliphatic rings. The maximum atomic E-state index is 12.4. The molecule has 2 fully saturated rings. The van der Waals surface area contributed by atoms with E-state index in [1.54, 1.807) is 12.3 Å². The van der Waals surface area contributed by atoms with Gasteiger partial charge < -0.3 is 5.32 Å². The first-order valence-electron chi connectivity index (χ1n) is 7.46. The number of nitrogens with zero attached hydrogens (tertiary/aromatic N) is 2. The Kier molecular flexibility index (Phi) is 5.01. The van der Waals surface area contributed by atoms with E-state index in [0.717, 1.165) is 41.9 Å². The highest BCUT2D eigenvalue weighted by Gasteiger charge is 2.41. The van der Waals surface area contributed by atoms with Crippen LogP contribution in [0.15, 0.2) is 22.9 Å². The number of rotatable bonds is 3. The lowest BCUT2D eigenvalue weighted by atomic mass is 9.89. The molecule has 1 N–H and O–H groups in total. The number of imide groups is 1. The summed E-state index contributed by atoms with van der Waals surface area (Å²) >= 11 is 4.33. The number of nitrogens with one attached hydrogen (secondary N) is 1. The Balaban J connectivity index is 1.75. The fraction of sp³-hybridized carbons (Fsp3) is 0.467. The quantitative estimate of drug-likeness (QED) is 0.847. The van der Waals surface area contributed by atoms with E-state index in [0.29, 0.717) is 5.56 Å². The van der Waals surface area contributed by atoms with Gasteiger partial charge in [0.25, 0.3) is 11.1 Å². The van der Waals surface area contributed by atoms with Gasteiger partial charge in [-0.1, -0.05) is 24.6 Å². The van der Waals surface area contributed by atoms with Crippen molar-refractivity contribution in [2.24, 2.45) is 0 Å². The molecule has 1 aromatic heterocycles. The molecule has 3 rings (SSSR count). The van der Waals surface area contributed by atoms with E-state index in [2.05, 4.69) is 26.2 Å². The fourth-order valence-corrected chi connectivity index (χ4v) is 4.19. The van der Waals surface area contributed by atoms with Crippen molar-refractivity contribution in [3.63, 3.8) is 0 Å². The summed E-state index contributed by atoms with van der Waals surface area (Å²) < 4.78 is 0.728. The third-order valence-corrected chi connectivity index (χ3v) is 5.40. The van der Waals surface area contributed by atoms with Crippen LogP contribution in [0.5, 0.6) is 0 Å². The second-order valence-corrected chi connectivity index (χ2v) is 7.48. The Hall–Kier alpha value is -1.41. The van der Waals surface area contributed by atoms with Gasteiger partial charge in [-0.05, 0) is 34.8 Å². The minimum Gasteiger partial charge on any atom is -0.347 e. The van der Waals surface area contributed by atoms with Crippen molar-refractivity contribution in [2.45, 2.75) is 37.8 Å². The maximum absolute atomic E-state index is 12.4. The molecule has 0 radical (unpaired) electrons. The van der Waals surface area contributed by atoms with Gasteiger partial charge in [0.15, 0.2) is 0 Å². The molecule has 8 heteroatoms. The first kappa shape index (κ1) is 16.4. The summed E-state index contributed by atoms with van der Waals surface area (Å²) in [6, 6.07) is 1.24. The molecular formula is C15H16BrN3O3S. The summed E-state index contributed by atoms with van der Waals surface area (Å²) in [6.07, 6.45) is 6.54. The number of thioether (sulfide) groups is 1. The number of hydrogen-bond acceptors (Lipinski definition) is 5. The Morgan fingerprint density at radius 2 is 2.09 bits per heavy atom. The zero-order valence-corrected chi connectivity index (χ0v) is 14.7. The third kappa shape index (κ3) is 3.58. The number of aromatic nitrogens is 1. The van der Waals surface area contributed by atoms with E-state index in [1.807, 2.05) is 0 Å². The lowest BCUT2D eigenvalue weighted by Gasteiger charge is -2.36. The molecule has 1 saturated heterocycles. The molecule has 0 bridgehead atoms. The fourth-order valence-electron chi connectivity index (χ4n) is 3.06. The van der Waals surface area contributed by atoms with E-state index in [-0.39, 0.29) is 34.9 Å². The Labute approximate surface area is 146 Å². The van der Waals surface area contributed by atoms with Gasteiger partial charge in [-0.2, -0.15) is 0 Å².